The molecule has 4 aromatic rings. The standard InChI is InChI=1S/C26H25N3O4S/c1-4-32-22-12-23-20(21(13-33-23)17-7-5-15(2)6-8-17)11-19(22)16(3)9-25(31)29-26-28-18(14-34-26)10-24(27)30/h5-9,11-14H,4,10H2,1-3H3,(H2,27,30)(H,28,29,31)/b16-9+. The second-order valence-electron chi connectivity index (χ2n) is 7.90. The van der Waals surface area contributed by atoms with E-state index in [0.717, 1.165) is 27.6 Å². The van der Waals surface area contributed by atoms with Crippen molar-refractivity contribution in [1.29, 1.82) is 0 Å². The monoisotopic (exact) mass is 475 g/mol. The maximum absolute atomic E-state index is 12.7. The molecule has 34 heavy (non-hydrogen) atoms. The van der Waals surface area contributed by atoms with Gasteiger partial charge < -0.3 is 14.9 Å². The zero-order chi connectivity index (χ0) is 24.2. The minimum Gasteiger partial charge on any atom is -0.493 e. The topological polar surface area (TPSA) is 107 Å². The number of aryl methyl sites for hydroxylation is 1. The summed E-state index contributed by atoms with van der Waals surface area (Å²) in [6, 6.07) is 12.1. The summed E-state index contributed by atoms with van der Waals surface area (Å²) < 4.78 is 11.7. The molecule has 7 nitrogen and oxygen atoms in total. The van der Waals surface area contributed by atoms with Crippen LogP contribution in [0.15, 0.2) is 58.5 Å². The van der Waals surface area contributed by atoms with Crippen LogP contribution < -0.4 is 15.8 Å². The number of thiazole rings is 1. The number of amides is 2. The minimum absolute atomic E-state index is 0.0347. The van der Waals surface area contributed by atoms with Crippen LogP contribution in [0.4, 0.5) is 5.13 Å². The summed E-state index contributed by atoms with van der Waals surface area (Å²) in [7, 11) is 0. The van der Waals surface area contributed by atoms with E-state index in [2.05, 4.69) is 34.6 Å². The van der Waals surface area contributed by atoms with Crippen LogP contribution in [-0.2, 0) is 16.0 Å². The van der Waals surface area contributed by atoms with Crippen LogP contribution in [0.3, 0.4) is 0 Å². The fourth-order valence-electron chi connectivity index (χ4n) is 3.63. The molecule has 0 fully saturated rings. The average molecular weight is 476 g/mol. The summed E-state index contributed by atoms with van der Waals surface area (Å²) in [6.07, 6.45) is 3.28. The molecular weight excluding hydrogens is 450 g/mol. The zero-order valence-electron chi connectivity index (χ0n) is 19.2. The maximum Gasteiger partial charge on any atom is 0.250 e. The summed E-state index contributed by atoms with van der Waals surface area (Å²) in [6.45, 7) is 6.29. The normalized spacial score (nSPS) is 11.6. The summed E-state index contributed by atoms with van der Waals surface area (Å²) >= 11 is 1.24. The maximum atomic E-state index is 12.7. The highest BCUT2D eigenvalue weighted by atomic mass is 32.1. The molecule has 0 aliphatic heterocycles. The Balaban J connectivity index is 1.65. The molecule has 0 saturated heterocycles. The molecule has 0 unspecified atom stereocenters. The van der Waals surface area contributed by atoms with Gasteiger partial charge in [-0.2, -0.15) is 0 Å². The highest BCUT2D eigenvalue weighted by Crippen LogP contribution is 2.37. The number of fused-ring (bicyclic) bond motifs is 1. The number of anilines is 1. The molecule has 2 amide bonds. The predicted octanol–water partition coefficient (Wildman–Crippen LogP) is 5.33. The van der Waals surface area contributed by atoms with Crippen LogP contribution in [-0.4, -0.2) is 23.4 Å². The van der Waals surface area contributed by atoms with E-state index in [9.17, 15) is 9.59 Å². The van der Waals surface area contributed by atoms with E-state index in [-0.39, 0.29) is 12.3 Å². The number of nitrogens with zero attached hydrogens (tertiary/aromatic N) is 1. The van der Waals surface area contributed by atoms with Gasteiger partial charge in [-0.15, -0.1) is 11.3 Å². The number of aromatic nitrogens is 1. The molecule has 0 aliphatic carbocycles. The van der Waals surface area contributed by atoms with Gasteiger partial charge >= 0.3 is 0 Å². The van der Waals surface area contributed by atoms with E-state index in [0.29, 0.717) is 28.8 Å². The molecule has 0 radical (unpaired) electrons. The molecule has 4 rings (SSSR count). The fourth-order valence-corrected chi connectivity index (χ4v) is 4.35. The van der Waals surface area contributed by atoms with Gasteiger partial charge in [0.1, 0.15) is 11.3 Å². The quantitative estimate of drug-likeness (QED) is 0.335. The lowest BCUT2D eigenvalue weighted by Crippen LogP contribution is -2.14. The number of allylic oxidation sites excluding steroid dienone is 1. The molecule has 2 aromatic heterocycles. The lowest BCUT2D eigenvalue weighted by atomic mass is 9.99. The average Bonchev–Trinajstić information content (AvgIpc) is 3.39. The minimum atomic E-state index is -0.470. The third-order valence-corrected chi connectivity index (χ3v) is 6.05. The summed E-state index contributed by atoms with van der Waals surface area (Å²) in [5.74, 6) is -0.160. The number of hydrogen-bond donors (Lipinski definition) is 2. The third kappa shape index (κ3) is 5.18. The fraction of sp³-hybridized carbons (Fsp3) is 0.192. The Kier molecular flexibility index (Phi) is 6.79. The molecule has 2 heterocycles. The molecule has 0 spiro atoms. The number of carbonyl (C=O) groups is 2. The van der Waals surface area contributed by atoms with Crippen LogP contribution >= 0.6 is 11.3 Å². The van der Waals surface area contributed by atoms with Crippen molar-refractivity contribution in [2.45, 2.75) is 27.2 Å². The Labute approximate surface area is 201 Å². The van der Waals surface area contributed by atoms with Crippen molar-refractivity contribution in [2.75, 3.05) is 11.9 Å². The van der Waals surface area contributed by atoms with Crippen molar-refractivity contribution in [3.8, 4) is 16.9 Å². The smallest absolute Gasteiger partial charge is 0.250 e. The van der Waals surface area contributed by atoms with E-state index in [1.165, 1.54) is 23.0 Å². The highest BCUT2D eigenvalue weighted by Gasteiger charge is 2.16. The summed E-state index contributed by atoms with van der Waals surface area (Å²) in [5.41, 5.74) is 11.2. The molecule has 3 N–H and O–H groups in total. The molecule has 8 heteroatoms. The molecule has 0 aliphatic rings. The van der Waals surface area contributed by atoms with Crippen LogP contribution in [0.5, 0.6) is 5.75 Å². The van der Waals surface area contributed by atoms with Crippen LogP contribution in [0.2, 0.25) is 0 Å². The Hall–Kier alpha value is -3.91. The van der Waals surface area contributed by atoms with Gasteiger partial charge in [-0.1, -0.05) is 29.8 Å². The van der Waals surface area contributed by atoms with Crippen molar-refractivity contribution in [3.63, 3.8) is 0 Å². The zero-order valence-corrected chi connectivity index (χ0v) is 20.0. The van der Waals surface area contributed by atoms with Crippen LogP contribution in [0.25, 0.3) is 27.7 Å². The summed E-state index contributed by atoms with van der Waals surface area (Å²) in [5, 5.41) is 5.78. The SMILES string of the molecule is CCOc1cc2occ(-c3ccc(C)cc3)c2cc1/C(C)=C/C(=O)Nc1nc(CC(N)=O)cs1. The number of nitrogens with one attached hydrogen (secondary N) is 1. The highest BCUT2D eigenvalue weighted by molar-refractivity contribution is 7.14. The van der Waals surface area contributed by atoms with Gasteiger partial charge in [0.2, 0.25) is 11.8 Å². The lowest BCUT2D eigenvalue weighted by molar-refractivity contribution is -0.117. The van der Waals surface area contributed by atoms with Gasteiger partial charge in [0.05, 0.1) is 25.0 Å². The van der Waals surface area contributed by atoms with Crippen molar-refractivity contribution in [2.24, 2.45) is 5.73 Å². The van der Waals surface area contributed by atoms with Crippen molar-refractivity contribution in [1.82, 2.24) is 4.98 Å². The molecule has 174 valence electrons. The molecule has 0 saturated carbocycles. The molecule has 2 aromatic carbocycles. The van der Waals surface area contributed by atoms with E-state index < -0.39 is 5.91 Å². The van der Waals surface area contributed by atoms with Gasteiger partial charge in [-0.25, -0.2) is 4.98 Å². The van der Waals surface area contributed by atoms with Crippen LogP contribution in [0.1, 0.15) is 30.7 Å². The van der Waals surface area contributed by atoms with E-state index in [1.807, 2.05) is 32.9 Å². The van der Waals surface area contributed by atoms with E-state index in [4.69, 9.17) is 14.9 Å². The number of hydrogen-bond acceptors (Lipinski definition) is 6. The first-order valence-electron chi connectivity index (χ1n) is 10.8. The van der Waals surface area contributed by atoms with Crippen molar-refractivity contribution < 1.29 is 18.7 Å². The Morgan fingerprint density at radius 2 is 2.00 bits per heavy atom. The molecule has 0 atom stereocenters. The number of carbonyl (C=O) groups excluding carboxylic acids is 2. The number of benzene rings is 2. The van der Waals surface area contributed by atoms with E-state index in [1.54, 1.807) is 11.6 Å². The van der Waals surface area contributed by atoms with Crippen molar-refractivity contribution in [3.05, 3.63) is 70.9 Å². The van der Waals surface area contributed by atoms with Crippen LogP contribution in [0, 0.1) is 6.92 Å². The van der Waals surface area contributed by atoms with Gasteiger partial charge in [-0.05, 0) is 38.0 Å². The number of nitrogens with two attached hydrogens (primary N) is 1. The third-order valence-electron chi connectivity index (χ3n) is 5.25. The second-order valence-corrected chi connectivity index (χ2v) is 8.75. The van der Waals surface area contributed by atoms with Crippen molar-refractivity contribution >= 4 is 44.8 Å². The van der Waals surface area contributed by atoms with Gasteiger partial charge in [0.15, 0.2) is 5.13 Å². The van der Waals surface area contributed by atoms with Gasteiger partial charge in [-0.3, -0.25) is 14.9 Å². The first-order chi connectivity index (χ1) is 16.3. The summed E-state index contributed by atoms with van der Waals surface area (Å²) in [4.78, 5) is 27.9. The van der Waals surface area contributed by atoms with Gasteiger partial charge in [0, 0.05) is 34.0 Å². The molecule has 0 bridgehead atoms. The van der Waals surface area contributed by atoms with Gasteiger partial charge in [0.25, 0.3) is 0 Å². The Morgan fingerprint density at radius 1 is 1.24 bits per heavy atom. The number of furan rings is 1. The number of ether oxygens (including phenoxy) is 1. The first kappa shape index (κ1) is 23.3. The number of rotatable bonds is 8. The number of primary amides is 1. The first-order valence-corrected chi connectivity index (χ1v) is 11.7. The Bertz CT molecular complexity index is 1380. The lowest BCUT2D eigenvalue weighted by Gasteiger charge is -2.11. The molecular formula is C26H25N3O4S. The largest absolute Gasteiger partial charge is 0.493 e. The van der Waals surface area contributed by atoms with E-state index >= 15 is 0 Å². The Morgan fingerprint density at radius 3 is 2.71 bits per heavy atom. The predicted molar refractivity (Wildman–Crippen MR) is 135 cm³/mol. The second kappa shape index (κ2) is 9.93.